The molecule has 0 aromatic heterocycles. The first-order chi connectivity index (χ1) is 8.64. The lowest BCUT2D eigenvalue weighted by molar-refractivity contribution is 0.161. The highest BCUT2D eigenvalue weighted by Gasteiger charge is 2.28. The van der Waals surface area contributed by atoms with Gasteiger partial charge in [0.25, 0.3) is 0 Å². The molecule has 0 radical (unpaired) electrons. The van der Waals surface area contributed by atoms with Crippen molar-refractivity contribution in [1.29, 1.82) is 0 Å². The lowest BCUT2D eigenvalue weighted by Crippen LogP contribution is -2.36. The molecule has 0 saturated heterocycles. The minimum atomic E-state index is 0.499. The van der Waals surface area contributed by atoms with Crippen molar-refractivity contribution >= 4 is 0 Å². The topological polar surface area (TPSA) is 21.3 Å². The summed E-state index contributed by atoms with van der Waals surface area (Å²) in [5, 5.41) is 3.59. The minimum absolute atomic E-state index is 0.499. The van der Waals surface area contributed by atoms with Crippen molar-refractivity contribution in [3.63, 3.8) is 0 Å². The third-order valence-electron chi connectivity index (χ3n) is 4.27. The summed E-state index contributed by atoms with van der Waals surface area (Å²) in [5.74, 6) is 0.839. The maximum Gasteiger partial charge on any atom is 0.0587 e. The Morgan fingerprint density at radius 1 is 1.22 bits per heavy atom. The third kappa shape index (κ3) is 7.38. The maximum atomic E-state index is 5.11. The van der Waals surface area contributed by atoms with Crippen molar-refractivity contribution in [3.05, 3.63) is 0 Å². The second-order valence-electron chi connectivity index (χ2n) is 5.84. The first-order valence-corrected chi connectivity index (χ1v) is 7.83. The van der Waals surface area contributed by atoms with Crippen molar-refractivity contribution in [2.45, 2.75) is 66.2 Å². The molecule has 0 rings (SSSR count). The van der Waals surface area contributed by atoms with Crippen LogP contribution in [0.2, 0.25) is 0 Å². The van der Waals surface area contributed by atoms with Crippen LogP contribution in [-0.2, 0) is 4.74 Å². The van der Waals surface area contributed by atoms with E-state index in [1.807, 2.05) is 0 Å². The van der Waals surface area contributed by atoms with E-state index in [2.05, 4.69) is 33.0 Å². The van der Waals surface area contributed by atoms with Gasteiger partial charge in [0.15, 0.2) is 0 Å². The van der Waals surface area contributed by atoms with Gasteiger partial charge in [0.1, 0.15) is 0 Å². The number of hydrogen-bond acceptors (Lipinski definition) is 2. The molecule has 1 N–H and O–H groups in total. The van der Waals surface area contributed by atoms with E-state index in [4.69, 9.17) is 4.74 Å². The Bertz CT molecular complexity index is 184. The molecule has 0 aromatic carbocycles. The van der Waals surface area contributed by atoms with Crippen LogP contribution in [-0.4, -0.2) is 26.8 Å². The van der Waals surface area contributed by atoms with Crippen LogP contribution in [0.5, 0.6) is 0 Å². The van der Waals surface area contributed by atoms with E-state index in [9.17, 15) is 0 Å². The molecule has 2 nitrogen and oxygen atoms in total. The van der Waals surface area contributed by atoms with Crippen LogP contribution < -0.4 is 5.32 Å². The zero-order valence-electron chi connectivity index (χ0n) is 13.3. The van der Waals surface area contributed by atoms with E-state index in [0.29, 0.717) is 5.41 Å². The predicted octanol–water partition coefficient (Wildman–Crippen LogP) is 4.25. The van der Waals surface area contributed by atoms with E-state index < -0.39 is 0 Å². The highest BCUT2D eigenvalue weighted by molar-refractivity contribution is 4.82. The Kier molecular flexibility index (Phi) is 10.8. The number of ether oxygens (including phenoxy) is 1. The van der Waals surface area contributed by atoms with Gasteiger partial charge >= 0.3 is 0 Å². The zero-order valence-corrected chi connectivity index (χ0v) is 13.3. The highest BCUT2D eigenvalue weighted by Crippen LogP contribution is 2.36. The van der Waals surface area contributed by atoms with Gasteiger partial charge in [-0.05, 0) is 30.6 Å². The Labute approximate surface area is 115 Å². The van der Waals surface area contributed by atoms with Crippen molar-refractivity contribution in [2.24, 2.45) is 11.3 Å². The minimum Gasteiger partial charge on any atom is -0.383 e. The van der Waals surface area contributed by atoms with Crippen molar-refractivity contribution < 1.29 is 4.74 Å². The molecule has 110 valence electrons. The van der Waals surface area contributed by atoms with E-state index >= 15 is 0 Å². The Balaban J connectivity index is 4.33. The Hall–Kier alpha value is -0.0800. The maximum absolute atomic E-state index is 5.11. The van der Waals surface area contributed by atoms with Gasteiger partial charge in [0.2, 0.25) is 0 Å². The van der Waals surface area contributed by atoms with Crippen LogP contribution >= 0.6 is 0 Å². The number of methoxy groups -OCH3 is 1. The molecule has 0 fully saturated rings. The fourth-order valence-corrected chi connectivity index (χ4v) is 2.67. The van der Waals surface area contributed by atoms with Crippen LogP contribution in [0.1, 0.15) is 66.2 Å². The van der Waals surface area contributed by atoms with Gasteiger partial charge in [-0.2, -0.15) is 0 Å². The van der Waals surface area contributed by atoms with Gasteiger partial charge in [-0.3, -0.25) is 0 Å². The quantitative estimate of drug-likeness (QED) is 0.528. The molecule has 0 aliphatic heterocycles. The number of nitrogens with one attached hydrogen (secondary N) is 1. The lowest BCUT2D eigenvalue weighted by Gasteiger charge is -2.36. The SMILES string of the molecule is CCCCC(CC)(CNCCOC)CC(C)CC. The molecule has 0 saturated carbocycles. The summed E-state index contributed by atoms with van der Waals surface area (Å²) in [5.41, 5.74) is 0.499. The largest absolute Gasteiger partial charge is 0.383 e. The molecular weight excluding hydrogens is 222 g/mol. The van der Waals surface area contributed by atoms with E-state index in [1.165, 1.54) is 38.5 Å². The second kappa shape index (κ2) is 10.8. The smallest absolute Gasteiger partial charge is 0.0587 e. The van der Waals surface area contributed by atoms with Crippen LogP contribution in [0.4, 0.5) is 0 Å². The summed E-state index contributed by atoms with van der Waals surface area (Å²) in [7, 11) is 1.77. The molecular formula is C16H35NO. The van der Waals surface area contributed by atoms with Gasteiger partial charge in [-0.25, -0.2) is 0 Å². The molecule has 0 heterocycles. The van der Waals surface area contributed by atoms with Crippen LogP contribution in [0.15, 0.2) is 0 Å². The Morgan fingerprint density at radius 3 is 2.44 bits per heavy atom. The molecule has 0 bridgehead atoms. The summed E-state index contributed by atoms with van der Waals surface area (Å²) in [6, 6.07) is 0. The molecule has 2 atom stereocenters. The lowest BCUT2D eigenvalue weighted by atomic mass is 9.73. The molecule has 0 amide bonds. The Morgan fingerprint density at radius 2 is 1.94 bits per heavy atom. The average Bonchev–Trinajstić information content (AvgIpc) is 2.40. The van der Waals surface area contributed by atoms with Gasteiger partial charge in [0, 0.05) is 20.2 Å². The normalized spacial score (nSPS) is 16.5. The first-order valence-electron chi connectivity index (χ1n) is 7.83. The number of unbranched alkanes of at least 4 members (excludes halogenated alkanes) is 1. The predicted molar refractivity (Wildman–Crippen MR) is 81.1 cm³/mol. The van der Waals surface area contributed by atoms with Crippen molar-refractivity contribution in [3.8, 4) is 0 Å². The first kappa shape index (κ1) is 17.9. The van der Waals surface area contributed by atoms with E-state index in [0.717, 1.165) is 25.6 Å². The summed E-state index contributed by atoms with van der Waals surface area (Å²) >= 11 is 0. The summed E-state index contributed by atoms with van der Waals surface area (Å²) in [4.78, 5) is 0. The monoisotopic (exact) mass is 257 g/mol. The van der Waals surface area contributed by atoms with Crippen LogP contribution in [0, 0.1) is 11.3 Å². The van der Waals surface area contributed by atoms with Gasteiger partial charge in [-0.15, -0.1) is 0 Å². The van der Waals surface area contributed by atoms with Crippen LogP contribution in [0.25, 0.3) is 0 Å². The van der Waals surface area contributed by atoms with E-state index in [-0.39, 0.29) is 0 Å². The average molecular weight is 257 g/mol. The second-order valence-corrected chi connectivity index (χ2v) is 5.84. The molecule has 0 aliphatic rings. The summed E-state index contributed by atoms with van der Waals surface area (Å²) < 4.78 is 5.11. The van der Waals surface area contributed by atoms with Crippen LogP contribution in [0.3, 0.4) is 0 Å². The molecule has 2 unspecified atom stereocenters. The summed E-state index contributed by atoms with van der Waals surface area (Å²) in [6.07, 6.45) is 7.98. The molecule has 0 aromatic rings. The third-order valence-corrected chi connectivity index (χ3v) is 4.27. The van der Waals surface area contributed by atoms with Crippen molar-refractivity contribution in [2.75, 3.05) is 26.8 Å². The van der Waals surface area contributed by atoms with Gasteiger partial charge < -0.3 is 10.1 Å². The standard InChI is InChI=1S/C16H35NO/c1-6-9-10-16(8-3,13-15(4)7-2)14-17-11-12-18-5/h15,17H,6-14H2,1-5H3. The zero-order chi connectivity index (χ0) is 13.9. The van der Waals surface area contributed by atoms with E-state index in [1.54, 1.807) is 7.11 Å². The number of hydrogen-bond donors (Lipinski definition) is 1. The fourth-order valence-electron chi connectivity index (χ4n) is 2.67. The molecule has 0 spiro atoms. The van der Waals surface area contributed by atoms with Gasteiger partial charge in [0.05, 0.1) is 6.61 Å². The molecule has 0 aliphatic carbocycles. The molecule has 2 heteroatoms. The fraction of sp³-hybridized carbons (Fsp3) is 1.00. The van der Waals surface area contributed by atoms with Gasteiger partial charge in [-0.1, -0.05) is 47.0 Å². The highest BCUT2D eigenvalue weighted by atomic mass is 16.5. The molecule has 18 heavy (non-hydrogen) atoms. The summed E-state index contributed by atoms with van der Waals surface area (Å²) in [6.45, 7) is 12.3. The van der Waals surface area contributed by atoms with Crippen molar-refractivity contribution in [1.82, 2.24) is 5.32 Å². The number of rotatable bonds is 12.